The van der Waals surface area contributed by atoms with Gasteiger partial charge in [0.05, 0.1) is 0 Å². The van der Waals surface area contributed by atoms with Crippen molar-refractivity contribution in [2.45, 2.75) is 38.5 Å². The van der Waals surface area contributed by atoms with Gasteiger partial charge in [0.15, 0.2) is 0 Å². The normalized spacial score (nSPS) is 15.1. The van der Waals surface area contributed by atoms with Crippen LogP contribution < -0.4 is 10.3 Å². The summed E-state index contributed by atoms with van der Waals surface area (Å²) in [6, 6.07) is 21.4. The average molecular weight is 407 g/mol. The lowest BCUT2D eigenvalue weighted by Crippen LogP contribution is -2.77. The van der Waals surface area contributed by atoms with E-state index < -0.39 is 0 Å². The molecular weight excluding hydrogens is 370 g/mol. The number of rotatable bonds is 11. The van der Waals surface area contributed by atoms with Gasteiger partial charge in [-0.15, -0.1) is 0 Å². The molecule has 2 aromatic carbocycles. The van der Waals surface area contributed by atoms with E-state index in [-0.39, 0.29) is 5.91 Å². The van der Waals surface area contributed by atoms with Crippen LogP contribution in [0.3, 0.4) is 0 Å². The molecule has 1 amide bonds. The maximum Gasteiger partial charge on any atom is 0.399 e. The predicted octanol–water partition coefficient (Wildman–Crippen LogP) is 2.23. The van der Waals surface area contributed by atoms with Crippen molar-refractivity contribution in [2.75, 3.05) is 32.7 Å². The maximum absolute atomic E-state index is 12.4. The number of nitrogens with one attached hydrogen (secondary N) is 2. The third kappa shape index (κ3) is 8.60. The number of piperazine rings is 1. The Kier molecular flexibility index (Phi) is 9.77. The van der Waals surface area contributed by atoms with E-state index in [1.807, 2.05) is 0 Å². The molecule has 0 saturated carbocycles. The lowest BCUT2D eigenvalue weighted by Gasteiger charge is -2.24. The van der Waals surface area contributed by atoms with Crippen molar-refractivity contribution in [3.63, 3.8) is 0 Å². The van der Waals surface area contributed by atoms with Crippen LogP contribution in [0.15, 0.2) is 60.7 Å². The van der Waals surface area contributed by atoms with Gasteiger partial charge in [0.1, 0.15) is 12.8 Å². The second-order valence-corrected chi connectivity index (χ2v) is 8.28. The molecule has 1 saturated heterocycles. The van der Waals surface area contributed by atoms with Crippen LogP contribution in [0.25, 0.3) is 0 Å². The summed E-state index contributed by atoms with van der Waals surface area (Å²) in [6.45, 7) is 4.34. The van der Waals surface area contributed by atoms with Gasteiger partial charge in [-0.25, -0.2) is 4.79 Å². The summed E-state index contributed by atoms with van der Waals surface area (Å²) in [4.78, 5) is 17.7. The zero-order chi connectivity index (χ0) is 20.9. The largest absolute Gasteiger partial charge is 0.399 e. The second kappa shape index (κ2) is 13.1. The van der Waals surface area contributed by atoms with Gasteiger partial charge >= 0.3 is 5.91 Å². The molecule has 1 fully saturated rings. The van der Waals surface area contributed by atoms with Gasteiger partial charge in [-0.2, -0.15) is 4.99 Å². The van der Waals surface area contributed by atoms with Crippen LogP contribution in [0, 0.1) is 5.92 Å². The predicted molar refractivity (Wildman–Crippen MR) is 124 cm³/mol. The minimum absolute atomic E-state index is 0.119. The molecule has 1 aliphatic heterocycles. The first-order chi connectivity index (χ1) is 14.8. The molecule has 0 aliphatic carbocycles. The highest BCUT2D eigenvalue weighted by molar-refractivity contribution is 5.72. The standard InChI is InChI=1S/C26H35N3O/c30-26(22-29-19-17-27-18-20-29)28-21-25(15-7-13-23-9-3-1-4-10-23)16-8-14-24-11-5-2-6-12-24/h1-6,9-12,21,25,27H,7-8,13-20,22H2/p+1. The van der Waals surface area contributed by atoms with Crippen LogP contribution in [-0.4, -0.2) is 49.7 Å². The Morgan fingerprint density at radius 2 is 1.43 bits per heavy atom. The lowest BCUT2D eigenvalue weighted by atomic mass is 9.94. The van der Waals surface area contributed by atoms with Gasteiger partial charge in [-0.3, -0.25) is 4.90 Å². The number of amides is 1. The molecule has 160 valence electrons. The van der Waals surface area contributed by atoms with E-state index in [0.29, 0.717) is 12.5 Å². The van der Waals surface area contributed by atoms with E-state index in [1.165, 1.54) is 11.1 Å². The third-order valence-corrected chi connectivity index (χ3v) is 5.82. The fraction of sp³-hybridized carbons (Fsp3) is 0.462. The maximum atomic E-state index is 12.4. The van der Waals surface area contributed by atoms with Crippen molar-refractivity contribution in [3.05, 3.63) is 71.8 Å². The van der Waals surface area contributed by atoms with E-state index in [9.17, 15) is 4.79 Å². The summed E-state index contributed by atoms with van der Waals surface area (Å²) in [5.41, 5.74) is 2.78. The Labute approximate surface area is 181 Å². The van der Waals surface area contributed by atoms with E-state index >= 15 is 0 Å². The molecular formula is C26H36N3O+. The summed E-state index contributed by atoms with van der Waals surface area (Å²) in [5, 5.41) is 3.33. The van der Waals surface area contributed by atoms with Crippen molar-refractivity contribution in [1.82, 2.24) is 10.2 Å². The molecule has 0 radical (unpaired) electrons. The Morgan fingerprint density at radius 1 is 0.900 bits per heavy atom. The molecule has 2 aromatic rings. The molecule has 0 unspecified atom stereocenters. The summed E-state index contributed by atoms with van der Waals surface area (Å²) in [6.07, 6.45) is 8.77. The summed E-state index contributed by atoms with van der Waals surface area (Å²) >= 11 is 0. The number of aryl methyl sites for hydroxylation is 2. The Balaban J connectivity index is 1.48. The van der Waals surface area contributed by atoms with Crippen LogP contribution in [-0.2, 0) is 17.6 Å². The molecule has 0 atom stereocenters. The van der Waals surface area contributed by atoms with E-state index in [4.69, 9.17) is 0 Å². The van der Waals surface area contributed by atoms with Crippen LogP contribution in [0.5, 0.6) is 0 Å². The molecule has 0 aromatic heterocycles. The van der Waals surface area contributed by atoms with Gasteiger partial charge in [-0.1, -0.05) is 60.7 Å². The number of carbonyl (C=O) groups is 1. The summed E-state index contributed by atoms with van der Waals surface area (Å²) in [7, 11) is 0. The van der Waals surface area contributed by atoms with Gasteiger partial charge in [0, 0.05) is 32.1 Å². The van der Waals surface area contributed by atoms with Crippen LogP contribution in [0.4, 0.5) is 0 Å². The molecule has 2 N–H and O–H groups in total. The van der Waals surface area contributed by atoms with Crippen LogP contribution in [0.1, 0.15) is 36.8 Å². The van der Waals surface area contributed by atoms with Crippen molar-refractivity contribution in [1.29, 1.82) is 0 Å². The average Bonchev–Trinajstić information content (AvgIpc) is 2.79. The zero-order valence-electron chi connectivity index (χ0n) is 18.1. The zero-order valence-corrected chi connectivity index (χ0v) is 18.1. The SMILES string of the molecule is O=C(CN1CCNCC1)[NH+]=CC(CCCc1ccccc1)CCCc1ccccc1. The highest BCUT2D eigenvalue weighted by atomic mass is 16.1. The van der Waals surface area contributed by atoms with Gasteiger partial charge in [0.25, 0.3) is 0 Å². The number of benzene rings is 2. The smallest absolute Gasteiger partial charge is 0.314 e. The second-order valence-electron chi connectivity index (χ2n) is 8.28. The Hall–Kier alpha value is -2.30. The van der Waals surface area contributed by atoms with Gasteiger partial charge < -0.3 is 5.32 Å². The fourth-order valence-corrected chi connectivity index (χ4v) is 4.07. The molecule has 4 heteroatoms. The number of hydrogen-bond donors (Lipinski definition) is 2. The quantitative estimate of drug-likeness (QED) is 0.563. The van der Waals surface area contributed by atoms with Gasteiger partial charge in [-0.05, 0) is 49.7 Å². The van der Waals surface area contributed by atoms with E-state index in [2.05, 4.69) is 82.1 Å². The number of carbonyl (C=O) groups excluding carboxylic acids is 1. The molecule has 30 heavy (non-hydrogen) atoms. The minimum atomic E-state index is 0.119. The monoisotopic (exact) mass is 406 g/mol. The first-order valence-corrected chi connectivity index (χ1v) is 11.4. The van der Waals surface area contributed by atoms with Crippen molar-refractivity contribution >= 4 is 12.1 Å². The molecule has 4 nitrogen and oxygen atoms in total. The van der Waals surface area contributed by atoms with Crippen molar-refractivity contribution in [2.24, 2.45) is 5.92 Å². The molecule has 1 heterocycles. The molecule has 3 rings (SSSR count). The highest BCUT2D eigenvalue weighted by Gasteiger charge is 2.17. The molecule has 1 aliphatic rings. The minimum Gasteiger partial charge on any atom is -0.314 e. The molecule has 0 bridgehead atoms. The molecule has 0 spiro atoms. The Bertz CT molecular complexity index is 709. The first-order valence-electron chi connectivity index (χ1n) is 11.4. The topological polar surface area (TPSA) is 46.3 Å². The first kappa shape index (κ1) is 22.4. The number of nitrogens with zero attached hydrogens (tertiary/aromatic N) is 1. The van der Waals surface area contributed by atoms with Crippen molar-refractivity contribution in [3.8, 4) is 0 Å². The van der Waals surface area contributed by atoms with Crippen molar-refractivity contribution < 1.29 is 9.79 Å². The van der Waals surface area contributed by atoms with Crippen LogP contribution in [0.2, 0.25) is 0 Å². The van der Waals surface area contributed by atoms with E-state index in [1.54, 1.807) is 0 Å². The Morgan fingerprint density at radius 3 is 1.97 bits per heavy atom. The summed E-state index contributed by atoms with van der Waals surface area (Å²) < 4.78 is 0. The summed E-state index contributed by atoms with van der Waals surface area (Å²) in [5.74, 6) is 0.539. The third-order valence-electron chi connectivity index (χ3n) is 5.82. The van der Waals surface area contributed by atoms with Crippen LogP contribution >= 0.6 is 0 Å². The lowest BCUT2D eigenvalue weighted by molar-refractivity contribution is -0.376. The fourth-order valence-electron chi connectivity index (χ4n) is 4.07. The van der Waals surface area contributed by atoms with Gasteiger partial charge in [0.2, 0.25) is 0 Å². The van der Waals surface area contributed by atoms with E-state index in [0.717, 1.165) is 64.7 Å². The highest BCUT2D eigenvalue weighted by Crippen LogP contribution is 2.15. The number of hydrogen-bond acceptors (Lipinski definition) is 3.